The van der Waals surface area contributed by atoms with Crippen LogP contribution in [0.25, 0.3) is 10.9 Å². The lowest BCUT2D eigenvalue weighted by Crippen LogP contribution is -1.80. The van der Waals surface area contributed by atoms with E-state index in [1.165, 1.54) is 0 Å². The lowest BCUT2D eigenvalue weighted by atomic mass is 10.2. The van der Waals surface area contributed by atoms with Gasteiger partial charge in [0.15, 0.2) is 0 Å². The Hall–Kier alpha value is -1.28. The van der Waals surface area contributed by atoms with Crippen molar-refractivity contribution in [2.45, 2.75) is 6.61 Å². The van der Waals surface area contributed by atoms with Gasteiger partial charge in [0, 0.05) is 23.2 Å². The Balaban J connectivity index is 2.67. The monoisotopic (exact) mass is 146 g/mol. The molecule has 1 radical (unpaired) electrons. The summed E-state index contributed by atoms with van der Waals surface area (Å²) in [5.74, 6) is 0. The first kappa shape index (κ1) is 6.43. The van der Waals surface area contributed by atoms with Crippen LogP contribution < -0.4 is 0 Å². The van der Waals surface area contributed by atoms with Gasteiger partial charge in [0.05, 0.1) is 6.61 Å². The average Bonchev–Trinajstić information content (AvgIpc) is 2.50. The number of benzene rings is 1. The smallest absolute Gasteiger partial charge is 0.0682 e. The fourth-order valence-electron chi connectivity index (χ4n) is 1.13. The highest BCUT2D eigenvalue weighted by Crippen LogP contribution is 2.13. The van der Waals surface area contributed by atoms with Gasteiger partial charge in [-0.2, -0.15) is 0 Å². The summed E-state index contributed by atoms with van der Waals surface area (Å²) in [6, 6.07) is 8.79. The minimum Gasteiger partial charge on any atom is -0.392 e. The molecular formula is C9H8NO. The van der Waals surface area contributed by atoms with Gasteiger partial charge < -0.3 is 10.1 Å². The number of rotatable bonds is 1. The number of H-pyrrole nitrogens is 1. The minimum atomic E-state index is 0.0922. The number of hydrogen-bond acceptors (Lipinski definition) is 1. The maximum atomic E-state index is 8.81. The van der Waals surface area contributed by atoms with Crippen LogP contribution in [0.5, 0.6) is 0 Å². The molecule has 0 aliphatic heterocycles. The molecule has 0 bridgehead atoms. The molecule has 11 heavy (non-hydrogen) atoms. The SMILES string of the molecule is OCc1ccc2[nH]c[c]c2c1. The van der Waals surface area contributed by atoms with Crippen LogP contribution in [0.3, 0.4) is 0 Å². The van der Waals surface area contributed by atoms with Crippen molar-refractivity contribution in [3.05, 3.63) is 36.0 Å². The molecule has 0 unspecified atom stereocenters. The zero-order valence-electron chi connectivity index (χ0n) is 5.96. The molecule has 1 heterocycles. The second-order valence-corrected chi connectivity index (χ2v) is 2.47. The van der Waals surface area contributed by atoms with Crippen LogP contribution in [0.4, 0.5) is 0 Å². The molecule has 0 aliphatic rings. The molecule has 2 heteroatoms. The number of fused-ring (bicyclic) bond motifs is 1. The molecule has 2 N–H and O–H groups in total. The maximum Gasteiger partial charge on any atom is 0.0682 e. The predicted octanol–water partition coefficient (Wildman–Crippen LogP) is 1.46. The van der Waals surface area contributed by atoms with E-state index in [4.69, 9.17) is 5.11 Å². The van der Waals surface area contributed by atoms with Gasteiger partial charge in [0.1, 0.15) is 0 Å². The lowest BCUT2D eigenvalue weighted by molar-refractivity contribution is 0.282. The number of aromatic amines is 1. The Bertz CT molecular complexity index is 364. The van der Waals surface area contributed by atoms with Gasteiger partial charge in [-0.15, -0.1) is 0 Å². The van der Waals surface area contributed by atoms with E-state index in [0.717, 1.165) is 16.5 Å². The largest absolute Gasteiger partial charge is 0.392 e. The fourth-order valence-corrected chi connectivity index (χ4v) is 1.13. The van der Waals surface area contributed by atoms with E-state index in [9.17, 15) is 0 Å². The van der Waals surface area contributed by atoms with Gasteiger partial charge in [0.2, 0.25) is 0 Å². The van der Waals surface area contributed by atoms with Crippen molar-refractivity contribution in [1.29, 1.82) is 0 Å². The van der Waals surface area contributed by atoms with E-state index < -0.39 is 0 Å². The second kappa shape index (κ2) is 2.40. The standard InChI is InChI=1S/C9H8NO/c11-6-7-1-2-9-8(5-7)3-4-10-9/h1-2,4-5,10-11H,6H2. The van der Waals surface area contributed by atoms with Crippen LogP contribution in [0.15, 0.2) is 24.4 Å². The summed E-state index contributed by atoms with van der Waals surface area (Å²) >= 11 is 0. The van der Waals surface area contributed by atoms with E-state index in [-0.39, 0.29) is 6.61 Å². The average molecular weight is 146 g/mol. The Morgan fingerprint density at radius 2 is 2.36 bits per heavy atom. The first-order valence-corrected chi connectivity index (χ1v) is 3.49. The highest BCUT2D eigenvalue weighted by Gasteiger charge is 1.94. The molecule has 2 aromatic rings. The normalized spacial score (nSPS) is 10.6. The van der Waals surface area contributed by atoms with Crippen molar-refractivity contribution in [2.75, 3.05) is 0 Å². The van der Waals surface area contributed by atoms with Crippen LogP contribution >= 0.6 is 0 Å². The fraction of sp³-hybridized carbons (Fsp3) is 0.111. The summed E-state index contributed by atoms with van der Waals surface area (Å²) in [5, 5.41) is 9.84. The molecule has 2 rings (SSSR count). The van der Waals surface area contributed by atoms with Gasteiger partial charge in [0.25, 0.3) is 0 Å². The minimum absolute atomic E-state index is 0.0922. The quantitative estimate of drug-likeness (QED) is 0.627. The summed E-state index contributed by atoms with van der Waals surface area (Å²) in [4.78, 5) is 3.03. The van der Waals surface area contributed by atoms with Crippen LogP contribution in [0, 0.1) is 6.07 Å². The molecule has 1 aromatic carbocycles. The predicted molar refractivity (Wildman–Crippen MR) is 43.1 cm³/mol. The number of aromatic nitrogens is 1. The van der Waals surface area contributed by atoms with E-state index in [1.54, 1.807) is 6.20 Å². The molecule has 1 aromatic heterocycles. The molecule has 0 spiro atoms. The van der Waals surface area contributed by atoms with Gasteiger partial charge in [-0.05, 0) is 17.7 Å². The zero-order chi connectivity index (χ0) is 7.68. The van der Waals surface area contributed by atoms with Crippen molar-refractivity contribution in [1.82, 2.24) is 4.98 Å². The van der Waals surface area contributed by atoms with Gasteiger partial charge in [-0.3, -0.25) is 0 Å². The second-order valence-electron chi connectivity index (χ2n) is 2.47. The van der Waals surface area contributed by atoms with E-state index in [1.807, 2.05) is 18.2 Å². The molecule has 0 amide bonds. The van der Waals surface area contributed by atoms with Crippen LogP contribution in [-0.4, -0.2) is 10.1 Å². The highest BCUT2D eigenvalue weighted by molar-refractivity contribution is 5.79. The van der Waals surface area contributed by atoms with Crippen molar-refractivity contribution < 1.29 is 5.11 Å². The Labute approximate surface area is 64.5 Å². The topological polar surface area (TPSA) is 36.0 Å². The summed E-state index contributed by atoms with van der Waals surface area (Å²) < 4.78 is 0. The Morgan fingerprint density at radius 3 is 3.18 bits per heavy atom. The molecule has 55 valence electrons. The van der Waals surface area contributed by atoms with Gasteiger partial charge >= 0.3 is 0 Å². The summed E-state index contributed by atoms with van der Waals surface area (Å²) in [7, 11) is 0. The molecule has 0 saturated heterocycles. The van der Waals surface area contributed by atoms with Crippen molar-refractivity contribution in [3.8, 4) is 0 Å². The first-order chi connectivity index (χ1) is 5.40. The van der Waals surface area contributed by atoms with E-state index >= 15 is 0 Å². The lowest BCUT2D eigenvalue weighted by Gasteiger charge is -1.94. The number of aliphatic hydroxyl groups is 1. The van der Waals surface area contributed by atoms with Crippen molar-refractivity contribution in [3.63, 3.8) is 0 Å². The third-order valence-corrected chi connectivity index (χ3v) is 1.72. The number of nitrogens with one attached hydrogen (secondary N) is 1. The van der Waals surface area contributed by atoms with Gasteiger partial charge in [-0.25, -0.2) is 0 Å². The Kier molecular flexibility index (Phi) is 1.40. The van der Waals surface area contributed by atoms with Crippen molar-refractivity contribution >= 4 is 10.9 Å². The molecule has 0 saturated carbocycles. The number of hydrogen-bond donors (Lipinski definition) is 2. The summed E-state index contributed by atoms with van der Waals surface area (Å²) in [6.07, 6.45) is 1.77. The van der Waals surface area contributed by atoms with E-state index in [0.29, 0.717) is 0 Å². The zero-order valence-corrected chi connectivity index (χ0v) is 5.96. The summed E-state index contributed by atoms with van der Waals surface area (Å²) in [5.41, 5.74) is 1.98. The Morgan fingerprint density at radius 1 is 1.45 bits per heavy atom. The van der Waals surface area contributed by atoms with Crippen LogP contribution in [0.1, 0.15) is 5.56 Å². The third-order valence-electron chi connectivity index (χ3n) is 1.72. The van der Waals surface area contributed by atoms with Crippen molar-refractivity contribution in [2.24, 2.45) is 0 Å². The highest BCUT2D eigenvalue weighted by atomic mass is 16.3. The maximum absolute atomic E-state index is 8.81. The molecule has 2 nitrogen and oxygen atoms in total. The first-order valence-electron chi connectivity index (χ1n) is 3.49. The molecule has 0 fully saturated rings. The van der Waals surface area contributed by atoms with Crippen LogP contribution in [-0.2, 0) is 6.61 Å². The molecular weight excluding hydrogens is 138 g/mol. The summed E-state index contributed by atoms with van der Waals surface area (Å²) in [6.45, 7) is 0.0922. The third kappa shape index (κ3) is 1.01. The number of aliphatic hydroxyl groups excluding tert-OH is 1. The van der Waals surface area contributed by atoms with Gasteiger partial charge in [-0.1, -0.05) is 6.07 Å². The molecule has 0 atom stereocenters. The van der Waals surface area contributed by atoms with Crippen LogP contribution in [0.2, 0.25) is 0 Å². The van der Waals surface area contributed by atoms with E-state index in [2.05, 4.69) is 11.1 Å². The molecule has 0 aliphatic carbocycles.